The fraction of sp³-hybridized carbons (Fsp3) is 0.333. The van der Waals surface area contributed by atoms with Gasteiger partial charge in [0, 0.05) is 18.7 Å². The van der Waals surface area contributed by atoms with Crippen molar-refractivity contribution in [3.63, 3.8) is 0 Å². The molecule has 0 saturated carbocycles. The zero-order chi connectivity index (χ0) is 13.0. The summed E-state index contributed by atoms with van der Waals surface area (Å²) in [7, 11) is 1.66. The van der Waals surface area contributed by atoms with E-state index in [4.69, 9.17) is 22.6 Å². The van der Waals surface area contributed by atoms with Gasteiger partial charge in [-0.25, -0.2) is 0 Å². The molecule has 0 aliphatic heterocycles. The van der Waals surface area contributed by atoms with Crippen LogP contribution in [0.1, 0.15) is 23.7 Å². The summed E-state index contributed by atoms with van der Waals surface area (Å²) in [6, 6.07) is 6.65. The molecule has 0 fully saturated rings. The van der Waals surface area contributed by atoms with Crippen LogP contribution in [0.5, 0.6) is 0 Å². The molecule has 0 aliphatic rings. The molecule has 0 heterocycles. The van der Waals surface area contributed by atoms with E-state index in [1.165, 1.54) is 4.90 Å². The van der Waals surface area contributed by atoms with E-state index >= 15 is 0 Å². The maximum absolute atomic E-state index is 12.0. The highest BCUT2D eigenvalue weighted by molar-refractivity contribution is 6.33. The van der Waals surface area contributed by atoms with Gasteiger partial charge in [0.05, 0.1) is 23.2 Å². The lowest BCUT2D eigenvalue weighted by atomic mass is 10.1. The molecule has 1 aromatic rings. The Kier molecular flexibility index (Phi) is 4.36. The molecule has 0 saturated heterocycles. The second-order valence-electron chi connectivity index (χ2n) is 3.86. The summed E-state index contributed by atoms with van der Waals surface area (Å²) in [5.41, 5.74) is 6.48. The highest BCUT2D eigenvalue weighted by Gasteiger charge is 2.17. The Morgan fingerprint density at radius 1 is 1.65 bits per heavy atom. The van der Waals surface area contributed by atoms with Crippen molar-refractivity contribution >= 4 is 23.2 Å². The monoisotopic (exact) mass is 251 g/mol. The first-order chi connectivity index (χ1) is 7.97. The number of rotatable bonds is 3. The predicted octanol–water partition coefficient (Wildman–Crippen LogP) is 2.30. The molecule has 0 spiro atoms. The van der Waals surface area contributed by atoms with Crippen molar-refractivity contribution < 1.29 is 4.79 Å². The van der Waals surface area contributed by atoms with Crippen molar-refractivity contribution in [2.45, 2.75) is 19.4 Å². The molecule has 17 heavy (non-hydrogen) atoms. The number of hydrogen-bond donors (Lipinski definition) is 1. The fourth-order valence-electron chi connectivity index (χ4n) is 1.35. The van der Waals surface area contributed by atoms with Gasteiger partial charge >= 0.3 is 0 Å². The molecular formula is C12H14ClN3O. The van der Waals surface area contributed by atoms with Gasteiger partial charge < -0.3 is 10.6 Å². The number of carbonyl (C=O) groups excluding carboxylic acids is 1. The number of nitrogens with zero attached hydrogens (tertiary/aromatic N) is 2. The highest BCUT2D eigenvalue weighted by Crippen LogP contribution is 2.20. The predicted molar refractivity (Wildman–Crippen MR) is 67.6 cm³/mol. The molecule has 0 aliphatic carbocycles. The Hall–Kier alpha value is -1.73. The summed E-state index contributed by atoms with van der Waals surface area (Å²) in [5.74, 6) is -0.170. The van der Waals surface area contributed by atoms with Crippen LogP contribution in [0.15, 0.2) is 18.2 Å². The number of benzene rings is 1. The number of halogens is 1. The molecule has 0 aromatic heterocycles. The number of amides is 1. The van der Waals surface area contributed by atoms with Crippen LogP contribution < -0.4 is 5.73 Å². The molecule has 0 bridgehead atoms. The SMILES string of the molecule is CC(CC#N)N(C)C(=O)c1ccc(Cl)c(N)c1. The summed E-state index contributed by atoms with van der Waals surface area (Å²) >= 11 is 5.78. The number of nitrogen functional groups attached to an aromatic ring is 1. The molecule has 0 radical (unpaired) electrons. The number of anilines is 1. The molecule has 1 unspecified atom stereocenters. The van der Waals surface area contributed by atoms with Crippen molar-refractivity contribution in [3.8, 4) is 6.07 Å². The van der Waals surface area contributed by atoms with Crippen molar-refractivity contribution in [2.75, 3.05) is 12.8 Å². The zero-order valence-electron chi connectivity index (χ0n) is 9.77. The average molecular weight is 252 g/mol. The fourth-order valence-corrected chi connectivity index (χ4v) is 1.47. The summed E-state index contributed by atoms with van der Waals surface area (Å²) in [6.45, 7) is 1.82. The standard InChI is InChI=1S/C12H14ClN3O/c1-8(5-6-14)16(2)12(17)9-3-4-10(13)11(15)7-9/h3-4,7-8H,5,15H2,1-2H3. The Morgan fingerprint density at radius 2 is 2.29 bits per heavy atom. The van der Waals surface area contributed by atoms with Gasteiger partial charge in [-0.2, -0.15) is 5.26 Å². The molecule has 1 rings (SSSR count). The third kappa shape index (κ3) is 3.11. The zero-order valence-corrected chi connectivity index (χ0v) is 10.5. The van der Waals surface area contributed by atoms with E-state index in [-0.39, 0.29) is 11.9 Å². The number of carbonyl (C=O) groups is 1. The van der Waals surface area contributed by atoms with E-state index in [0.29, 0.717) is 22.7 Å². The van der Waals surface area contributed by atoms with Gasteiger partial charge in [0.15, 0.2) is 0 Å². The van der Waals surface area contributed by atoms with Crippen molar-refractivity contribution in [2.24, 2.45) is 0 Å². The Balaban J connectivity index is 2.89. The van der Waals surface area contributed by atoms with Gasteiger partial charge in [0.25, 0.3) is 5.91 Å². The minimum Gasteiger partial charge on any atom is -0.398 e. The first kappa shape index (κ1) is 13.3. The van der Waals surface area contributed by atoms with E-state index in [0.717, 1.165) is 0 Å². The lowest BCUT2D eigenvalue weighted by molar-refractivity contribution is 0.0746. The normalized spacial score (nSPS) is 11.6. The molecule has 2 N–H and O–H groups in total. The van der Waals surface area contributed by atoms with E-state index in [1.807, 2.05) is 13.0 Å². The number of hydrogen-bond acceptors (Lipinski definition) is 3. The quantitative estimate of drug-likeness (QED) is 0.838. The van der Waals surface area contributed by atoms with Gasteiger partial charge in [-0.05, 0) is 25.1 Å². The number of nitrogens with two attached hydrogens (primary N) is 1. The largest absolute Gasteiger partial charge is 0.398 e. The third-order valence-corrected chi connectivity index (χ3v) is 2.96. The first-order valence-electron chi connectivity index (χ1n) is 5.16. The summed E-state index contributed by atoms with van der Waals surface area (Å²) in [4.78, 5) is 13.6. The van der Waals surface area contributed by atoms with Crippen LogP contribution in [0.2, 0.25) is 5.02 Å². The van der Waals surface area contributed by atoms with Crippen molar-refractivity contribution in [3.05, 3.63) is 28.8 Å². The maximum Gasteiger partial charge on any atom is 0.253 e. The van der Waals surface area contributed by atoms with Crippen molar-refractivity contribution in [1.29, 1.82) is 5.26 Å². The van der Waals surface area contributed by atoms with Gasteiger partial charge in [-0.1, -0.05) is 11.6 Å². The van der Waals surface area contributed by atoms with Gasteiger partial charge in [-0.3, -0.25) is 4.79 Å². The molecule has 1 amide bonds. The van der Waals surface area contributed by atoms with Gasteiger partial charge in [0.2, 0.25) is 0 Å². The van der Waals surface area contributed by atoms with Crippen LogP contribution >= 0.6 is 11.6 Å². The summed E-state index contributed by atoms with van der Waals surface area (Å²) in [5, 5.41) is 9.02. The molecule has 5 heteroatoms. The molecule has 4 nitrogen and oxygen atoms in total. The van der Waals surface area contributed by atoms with Crippen LogP contribution in [0.3, 0.4) is 0 Å². The van der Waals surface area contributed by atoms with Crippen molar-refractivity contribution in [1.82, 2.24) is 4.90 Å². The lowest BCUT2D eigenvalue weighted by Gasteiger charge is -2.23. The average Bonchev–Trinajstić information content (AvgIpc) is 2.31. The van der Waals surface area contributed by atoms with Crippen LogP contribution in [0, 0.1) is 11.3 Å². The first-order valence-corrected chi connectivity index (χ1v) is 5.54. The Morgan fingerprint density at radius 3 is 2.82 bits per heavy atom. The van der Waals surface area contributed by atoms with E-state index < -0.39 is 0 Å². The van der Waals surface area contributed by atoms with E-state index in [1.54, 1.807) is 25.2 Å². The molecular weight excluding hydrogens is 238 g/mol. The molecule has 1 aromatic carbocycles. The topological polar surface area (TPSA) is 70.1 Å². The van der Waals surface area contributed by atoms with Crippen LogP contribution in [-0.2, 0) is 0 Å². The highest BCUT2D eigenvalue weighted by atomic mass is 35.5. The van der Waals surface area contributed by atoms with E-state index in [2.05, 4.69) is 0 Å². The summed E-state index contributed by atoms with van der Waals surface area (Å²) in [6.07, 6.45) is 0.297. The lowest BCUT2D eigenvalue weighted by Crippen LogP contribution is -2.34. The summed E-state index contributed by atoms with van der Waals surface area (Å²) < 4.78 is 0. The van der Waals surface area contributed by atoms with Crippen LogP contribution in [0.25, 0.3) is 0 Å². The second kappa shape index (κ2) is 5.55. The van der Waals surface area contributed by atoms with Crippen LogP contribution in [-0.4, -0.2) is 23.9 Å². The minimum atomic E-state index is -0.170. The molecule has 90 valence electrons. The smallest absolute Gasteiger partial charge is 0.253 e. The Bertz CT molecular complexity index is 467. The minimum absolute atomic E-state index is 0.135. The number of nitriles is 1. The van der Waals surface area contributed by atoms with Crippen LogP contribution in [0.4, 0.5) is 5.69 Å². The third-order valence-electron chi connectivity index (χ3n) is 2.61. The second-order valence-corrected chi connectivity index (χ2v) is 4.27. The molecule has 1 atom stereocenters. The van der Waals surface area contributed by atoms with Gasteiger partial charge in [0.1, 0.15) is 0 Å². The maximum atomic E-state index is 12.0. The Labute approximate surface area is 106 Å². The van der Waals surface area contributed by atoms with Gasteiger partial charge in [-0.15, -0.1) is 0 Å². The van der Waals surface area contributed by atoms with E-state index in [9.17, 15) is 4.79 Å².